The van der Waals surface area contributed by atoms with Crippen LogP contribution in [0.15, 0.2) is 0 Å². The van der Waals surface area contributed by atoms with Crippen molar-refractivity contribution >= 4 is 11.9 Å². The number of esters is 2. The van der Waals surface area contributed by atoms with Crippen LogP contribution in [0.4, 0.5) is 0 Å². The number of carbonyl (C=O) groups is 2. The number of methoxy groups -OCH3 is 1. The van der Waals surface area contributed by atoms with Crippen LogP contribution in [0.3, 0.4) is 0 Å². The molecule has 5 heteroatoms. The molecule has 2 aliphatic rings. The normalized spacial score (nSPS) is 22.7. The van der Waals surface area contributed by atoms with E-state index in [1.54, 1.807) is 0 Å². The Morgan fingerprint density at radius 3 is 2.19 bits per heavy atom. The van der Waals surface area contributed by atoms with Gasteiger partial charge in [-0.05, 0) is 65.5 Å². The van der Waals surface area contributed by atoms with Gasteiger partial charge in [0.25, 0.3) is 0 Å². The smallest absolute Gasteiger partial charge is 0.326 e. The Morgan fingerprint density at radius 2 is 1.76 bits per heavy atom. The molecule has 0 N–H and O–H groups in total. The Kier molecular flexibility index (Phi) is 4.61. The molecular formula is C16H27NO4. The summed E-state index contributed by atoms with van der Waals surface area (Å²) in [6.45, 7) is 7.40. The third kappa shape index (κ3) is 3.96. The molecule has 1 saturated heterocycles. The Hall–Kier alpha value is -1.10. The summed E-state index contributed by atoms with van der Waals surface area (Å²) in [4.78, 5) is 26.0. The average molecular weight is 297 g/mol. The largest absolute Gasteiger partial charge is 0.468 e. The highest BCUT2D eigenvalue weighted by molar-refractivity contribution is 5.84. The maximum Gasteiger partial charge on any atom is 0.326 e. The van der Waals surface area contributed by atoms with E-state index in [-0.39, 0.29) is 17.5 Å². The first kappa shape index (κ1) is 16.3. The van der Waals surface area contributed by atoms with Crippen LogP contribution in [0.25, 0.3) is 0 Å². The molecule has 2 fully saturated rings. The van der Waals surface area contributed by atoms with Gasteiger partial charge in [0.2, 0.25) is 0 Å². The van der Waals surface area contributed by atoms with Crippen LogP contribution < -0.4 is 0 Å². The molecule has 0 atom stereocenters. The van der Waals surface area contributed by atoms with Crippen molar-refractivity contribution in [3.8, 4) is 0 Å². The summed E-state index contributed by atoms with van der Waals surface area (Å²) in [5.41, 5.74) is -0.771. The van der Waals surface area contributed by atoms with Crippen molar-refractivity contribution in [2.75, 3.05) is 20.2 Å². The molecule has 120 valence electrons. The number of piperidine rings is 1. The third-order valence-electron chi connectivity index (χ3n) is 4.38. The summed E-state index contributed by atoms with van der Waals surface area (Å²) in [5, 5.41) is 0. The van der Waals surface area contributed by atoms with Crippen LogP contribution in [-0.4, -0.2) is 48.2 Å². The van der Waals surface area contributed by atoms with Gasteiger partial charge in [-0.3, -0.25) is 14.5 Å². The zero-order valence-corrected chi connectivity index (χ0v) is 13.6. The summed E-state index contributed by atoms with van der Waals surface area (Å²) in [5.74, 6) is 0.146. The quantitative estimate of drug-likeness (QED) is 0.744. The van der Waals surface area contributed by atoms with Gasteiger partial charge in [0.05, 0.1) is 7.11 Å². The summed E-state index contributed by atoms with van der Waals surface area (Å²) in [6, 6.07) is 0. The number of likely N-dealkylation sites (tertiary alicyclic amines) is 1. The predicted octanol–water partition coefficient (Wildman–Crippen LogP) is 2.14. The molecule has 1 aliphatic carbocycles. The zero-order valence-electron chi connectivity index (χ0n) is 13.6. The van der Waals surface area contributed by atoms with E-state index in [0.717, 1.165) is 38.8 Å². The number of hydrogen-bond acceptors (Lipinski definition) is 5. The molecule has 0 spiro atoms. The lowest BCUT2D eigenvalue weighted by Gasteiger charge is -2.36. The average Bonchev–Trinajstić information content (AvgIpc) is 3.18. The van der Waals surface area contributed by atoms with E-state index in [2.05, 4.69) is 4.90 Å². The van der Waals surface area contributed by atoms with Crippen molar-refractivity contribution in [3.05, 3.63) is 0 Å². The summed E-state index contributed by atoms with van der Waals surface area (Å²) in [7, 11) is 1.46. The van der Waals surface area contributed by atoms with E-state index < -0.39 is 5.60 Å². The Balaban J connectivity index is 1.79. The molecule has 2 rings (SSSR count). The second kappa shape index (κ2) is 5.95. The molecule has 0 amide bonds. The van der Waals surface area contributed by atoms with Crippen molar-refractivity contribution in [1.82, 2.24) is 4.90 Å². The van der Waals surface area contributed by atoms with Crippen LogP contribution >= 0.6 is 0 Å². The first-order valence-corrected chi connectivity index (χ1v) is 7.82. The second-order valence-electron chi connectivity index (χ2n) is 7.24. The minimum atomic E-state index is -0.416. The number of ether oxygens (including phenoxy) is 2. The van der Waals surface area contributed by atoms with Gasteiger partial charge in [-0.25, -0.2) is 0 Å². The van der Waals surface area contributed by atoms with Crippen LogP contribution in [-0.2, 0) is 19.1 Å². The molecule has 1 saturated carbocycles. The van der Waals surface area contributed by atoms with Crippen molar-refractivity contribution in [2.45, 2.75) is 64.0 Å². The van der Waals surface area contributed by atoms with Crippen LogP contribution in [0.2, 0.25) is 0 Å². The van der Waals surface area contributed by atoms with Gasteiger partial charge in [0.15, 0.2) is 0 Å². The minimum Gasteiger partial charge on any atom is -0.468 e. The molecule has 21 heavy (non-hydrogen) atoms. The van der Waals surface area contributed by atoms with Gasteiger partial charge < -0.3 is 9.47 Å². The molecular weight excluding hydrogens is 270 g/mol. The second-order valence-corrected chi connectivity index (χ2v) is 7.24. The Labute approximate surface area is 127 Å². The highest BCUT2D eigenvalue weighted by Crippen LogP contribution is 2.44. The molecule has 1 heterocycles. The van der Waals surface area contributed by atoms with Crippen LogP contribution in [0, 0.1) is 5.92 Å². The molecule has 0 aromatic heterocycles. The molecule has 5 nitrogen and oxygen atoms in total. The van der Waals surface area contributed by atoms with E-state index >= 15 is 0 Å². The van der Waals surface area contributed by atoms with E-state index in [1.165, 1.54) is 7.11 Å². The van der Waals surface area contributed by atoms with Gasteiger partial charge >= 0.3 is 11.9 Å². The van der Waals surface area contributed by atoms with Gasteiger partial charge in [-0.2, -0.15) is 0 Å². The van der Waals surface area contributed by atoms with Crippen LogP contribution in [0.1, 0.15) is 52.9 Å². The van der Waals surface area contributed by atoms with E-state index in [4.69, 9.17) is 9.47 Å². The number of carbonyl (C=O) groups excluding carboxylic acids is 2. The number of rotatable bonds is 4. The fourth-order valence-electron chi connectivity index (χ4n) is 3.14. The Bertz CT molecular complexity index is 401. The monoisotopic (exact) mass is 297 g/mol. The van der Waals surface area contributed by atoms with Crippen molar-refractivity contribution in [3.63, 3.8) is 0 Å². The fraction of sp³-hybridized carbons (Fsp3) is 0.875. The lowest BCUT2D eigenvalue weighted by molar-refractivity contribution is -0.157. The molecule has 0 radical (unpaired) electrons. The van der Waals surface area contributed by atoms with E-state index in [1.807, 2.05) is 20.8 Å². The topological polar surface area (TPSA) is 55.8 Å². The van der Waals surface area contributed by atoms with Crippen molar-refractivity contribution < 1.29 is 19.1 Å². The van der Waals surface area contributed by atoms with Crippen molar-refractivity contribution in [1.29, 1.82) is 0 Å². The summed E-state index contributed by atoms with van der Waals surface area (Å²) in [6.07, 6.45) is 4.17. The minimum absolute atomic E-state index is 0.104. The number of hydrogen-bond donors (Lipinski definition) is 0. The van der Waals surface area contributed by atoms with E-state index in [9.17, 15) is 9.59 Å². The lowest BCUT2D eigenvalue weighted by Crippen LogP contribution is -2.48. The highest BCUT2D eigenvalue weighted by Gasteiger charge is 2.56. The lowest BCUT2D eigenvalue weighted by atomic mass is 9.92. The third-order valence-corrected chi connectivity index (χ3v) is 4.38. The summed E-state index contributed by atoms with van der Waals surface area (Å²) < 4.78 is 10.3. The standard InChI is InChI=1S/C16H27NO4/c1-15(2,3)21-13(18)11-12-5-9-17(10-6-12)16(7-8-16)14(19)20-4/h12H,5-11H2,1-4H3. The molecule has 0 bridgehead atoms. The fourth-order valence-corrected chi connectivity index (χ4v) is 3.14. The zero-order chi connectivity index (χ0) is 15.7. The van der Waals surface area contributed by atoms with E-state index in [0.29, 0.717) is 12.3 Å². The maximum atomic E-state index is 11.9. The summed E-state index contributed by atoms with van der Waals surface area (Å²) >= 11 is 0. The van der Waals surface area contributed by atoms with Gasteiger partial charge in [-0.15, -0.1) is 0 Å². The molecule has 1 aliphatic heterocycles. The van der Waals surface area contributed by atoms with Gasteiger partial charge in [0.1, 0.15) is 11.1 Å². The first-order valence-electron chi connectivity index (χ1n) is 7.82. The first-order chi connectivity index (χ1) is 9.77. The van der Waals surface area contributed by atoms with Gasteiger partial charge in [0, 0.05) is 6.42 Å². The van der Waals surface area contributed by atoms with Gasteiger partial charge in [-0.1, -0.05) is 0 Å². The maximum absolute atomic E-state index is 11.9. The van der Waals surface area contributed by atoms with Crippen molar-refractivity contribution in [2.24, 2.45) is 5.92 Å². The highest BCUT2D eigenvalue weighted by atomic mass is 16.6. The molecule has 0 unspecified atom stereocenters. The molecule has 0 aromatic rings. The van der Waals surface area contributed by atoms with Crippen LogP contribution in [0.5, 0.6) is 0 Å². The number of nitrogens with zero attached hydrogens (tertiary/aromatic N) is 1. The Morgan fingerprint density at radius 1 is 1.19 bits per heavy atom. The SMILES string of the molecule is COC(=O)C1(N2CCC(CC(=O)OC(C)(C)C)CC2)CC1. The molecule has 0 aromatic carbocycles. The predicted molar refractivity (Wildman–Crippen MR) is 78.7 cm³/mol.